The highest BCUT2D eigenvalue weighted by Gasteiger charge is 2.20. The Hall–Kier alpha value is -3.50. The Morgan fingerprint density at radius 2 is 2.00 bits per heavy atom. The van der Waals surface area contributed by atoms with E-state index < -0.39 is 5.91 Å². The largest absolute Gasteiger partial charge is 0.369 e. The predicted molar refractivity (Wildman–Crippen MR) is 122 cm³/mol. The van der Waals surface area contributed by atoms with E-state index in [1.54, 1.807) is 29.3 Å². The van der Waals surface area contributed by atoms with Gasteiger partial charge in [0.25, 0.3) is 5.91 Å². The van der Waals surface area contributed by atoms with E-state index >= 15 is 0 Å². The van der Waals surface area contributed by atoms with Crippen molar-refractivity contribution in [3.05, 3.63) is 72.3 Å². The lowest BCUT2D eigenvalue weighted by molar-refractivity contribution is -0.115. The van der Waals surface area contributed by atoms with E-state index in [0.29, 0.717) is 16.4 Å². The Balaban J connectivity index is 1.65. The van der Waals surface area contributed by atoms with Gasteiger partial charge in [-0.3, -0.25) is 19.9 Å². The smallest absolute Gasteiger partial charge is 0.261 e. The molecule has 8 nitrogen and oxygen atoms in total. The number of para-hydroxylation sites is 1. The third-order valence-electron chi connectivity index (χ3n) is 4.23. The number of rotatable bonds is 7. The zero-order chi connectivity index (χ0) is 21.8. The van der Waals surface area contributed by atoms with Crippen LogP contribution in [0.3, 0.4) is 0 Å². The van der Waals surface area contributed by atoms with Crippen molar-refractivity contribution in [2.24, 2.45) is 5.73 Å². The van der Waals surface area contributed by atoms with Crippen LogP contribution in [0.25, 0.3) is 16.9 Å². The Morgan fingerprint density at radius 1 is 1.19 bits per heavy atom. The molecule has 4 aromatic rings. The summed E-state index contributed by atoms with van der Waals surface area (Å²) in [4.78, 5) is 32.7. The number of aromatic nitrogens is 4. The summed E-state index contributed by atoms with van der Waals surface area (Å²) in [5, 5.41) is 7.92. The minimum absolute atomic E-state index is 0.158. The lowest BCUT2D eigenvalue weighted by Gasteiger charge is -2.02. The number of anilines is 1. The maximum absolute atomic E-state index is 13.1. The number of primary amides is 1. The average Bonchev–Trinajstić information content (AvgIpc) is 3.37. The molecule has 156 valence electrons. The van der Waals surface area contributed by atoms with Crippen LogP contribution in [-0.4, -0.2) is 37.3 Å². The minimum Gasteiger partial charge on any atom is -0.369 e. The van der Waals surface area contributed by atoms with Crippen molar-refractivity contribution in [1.82, 2.24) is 19.7 Å². The van der Waals surface area contributed by atoms with Crippen LogP contribution < -0.4 is 11.1 Å². The summed E-state index contributed by atoms with van der Waals surface area (Å²) in [6.07, 6.45) is 5.03. The molecule has 0 spiro atoms. The van der Waals surface area contributed by atoms with Gasteiger partial charge in [0.1, 0.15) is 5.69 Å². The van der Waals surface area contributed by atoms with Gasteiger partial charge in [-0.15, -0.1) is 11.8 Å². The first-order valence-corrected chi connectivity index (χ1v) is 11.1. The van der Waals surface area contributed by atoms with Crippen molar-refractivity contribution in [3.63, 3.8) is 0 Å². The Labute approximate surface area is 186 Å². The molecule has 31 heavy (non-hydrogen) atoms. The number of thioether (sulfide) groups is 1. The first kappa shape index (κ1) is 20.8. The van der Waals surface area contributed by atoms with E-state index in [1.807, 2.05) is 43.3 Å². The first-order valence-electron chi connectivity index (χ1n) is 9.26. The zero-order valence-electron chi connectivity index (χ0n) is 16.5. The molecule has 0 saturated carbocycles. The van der Waals surface area contributed by atoms with Crippen molar-refractivity contribution >= 4 is 40.0 Å². The highest BCUT2D eigenvalue weighted by Crippen LogP contribution is 2.32. The van der Waals surface area contributed by atoms with Gasteiger partial charge in [0.2, 0.25) is 5.91 Å². The maximum atomic E-state index is 13.1. The molecule has 3 heterocycles. The molecule has 3 aromatic heterocycles. The van der Waals surface area contributed by atoms with Crippen LogP contribution in [0.2, 0.25) is 0 Å². The van der Waals surface area contributed by atoms with Gasteiger partial charge in [-0.2, -0.15) is 5.10 Å². The molecule has 0 radical (unpaired) electrons. The van der Waals surface area contributed by atoms with Gasteiger partial charge in [0.05, 0.1) is 26.9 Å². The SMILES string of the molecule is Cc1nc(NC(=O)c2cn(-c3ccccc3)nc2-c2cccnc2)sc1SCC(N)=O. The molecule has 0 unspecified atom stereocenters. The van der Waals surface area contributed by atoms with Crippen LogP contribution in [0.1, 0.15) is 16.1 Å². The fraction of sp³-hybridized carbons (Fsp3) is 0.0952. The normalized spacial score (nSPS) is 10.7. The van der Waals surface area contributed by atoms with E-state index in [9.17, 15) is 9.59 Å². The second-order valence-electron chi connectivity index (χ2n) is 6.51. The third kappa shape index (κ3) is 4.81. The molecule has 10 heteroatoms. The van der Waals surface area contributed by atoms with Crippen LogP contribution in [0.15, 0.2) is 65.3 Å². The number of amides is 2. The summed E-state index contributed by atoms with van der Waals surface area (Å²) in [6.45, 7) is 1.82. The van der Waals surface area contributed by atoms with Crippen molar-refractivity contribution < 1.29 is 9.59 Å². The number of carbonyl (C=O) groups is 2. The summed E-state index contributed by atoms with van der Waals surface area (Å²) >= 11 is 2.61. The summed E-state index contributed by atoms with van der Waals surface area (Å²) in [5.74, 6) is -0.579. The highest BCUT2D eigenvalue weighted by molar-refractivity contribution is 8.01. The Morgan fingerprint density at radius 3 is 2.71 bits per heavy atom. The number of aryl methyl sites for hydroxylation is 1. The molecule has 0 saturated heterocycles. The number of hydrogen-bond donors (Lipinski definition) is 2. The topological polar surface area (TPSA) is 116 Å². The van der Waals surface area contributed by atoms with Crippen LogP contribution in [-0.2, 0) is 4.79 Å². The molecule has 0 bridgehead atoms. The van der Waals surface area contributed by atoms with Crippen LogP contribution >= 0.6 is 23.1 Å². The van der Waals surface area contributed by atoms with Crippen LogP contribution in [0.5, 0.6) is 0 Å². The molecular formula is C21H18N6O2S2. The molecule has 0 atom stereocenters. The van der Waals surface area contributed by atoms with Gasteiger partial charge in [-0.25, -0.2) is 9.67 Å². The molecule has 4 rings (SSSR count). The minimum atomic E-state index is -0.405. The standard InChI is InChI=1S/C21H18N6O2S2/c1-13-20(30-12-17(22)28)31-21(24-13)25-19(29)16-11-27(15-7-3-2-4-8-15)26-18(16)14-6-5-9-23-10-14/h2-11H,12H2,1H3,(H2,22,28)(H,24,25,29). The maximum Gasteiger partial charge on any atom is 0.261 e. The highest BCUT2D eigenvalue weighted by atomic mass is 32.2. The first-order chi connectivity index (χ1) is 15.0. The number of pyridine rings is 1. The quantitative estimate of drug-likeness (QED) is 0.416. The molecule has 1 aromatic carbocycles. The van der Waals surface area contributed by atoms with E-state index in [4.69, 9.17) is 5.73 Å². The Bertz CT molecular complexity index is 1220. The van der Waals surface area contributed by atoms with Crippen LogP contribution in [0, 0.1) is 6.92 Å². The van der Waals surface area contributed by atoms with Gasteiger partial charge < -0.3 is 5.73 Å². The average molecular weight is 451 g/mol. The van der Waals surface area contributed by atoms with Crippen LogP contribution in [0.4, 0.5) is 5.13 Å². The second kappa shape index (κ2) is 9.11. The van der Waals surface area contributed by atoms with Crippen molar-refractivity contribution in [1.29, 1.82) is 0 Å². The van der Waals surface area contributed by atoms with Gasteiger partial charge in [-0.1, -0.05) is 29.5 Å². The number of nitrogens with two attached hydrogens (primary N) is 1. The molecule has 2 amide bonds. The van der Waals surface area contributed by atoms with E-state index in [1.165, 1.54) is 23.1 Å². The molecule has 3 N–H and O–H groups in total. The number of benzene rings is 1. The third-order valence-corrected chi connectivity index (χ3v) is 6.69. The molecule has 0 aliphatic heterocycles. The summed E-state index contributed by atoms with van der Waals surface area (Å²) in [5.41, 5.74) is 8.44. The van der Waals surface area contributed by atoms with Crippen molar-refractivity contribution in [2.45, 2.75) is 11.1 Å². The van der Waals surface area contributed by atoms with Crippen molar-refractivity contribution in [2.75, 3.05) is 11.1 Å². The summed E-state index contributed by atoms with van der Waals surface area (Å²) < 4.78 is 2.50. The monoisotopic (exact) mass is 450 g/mol. The molecule has 0 aliphatic rings. The number of thiazole rings is 1. The summed E-state index contributed by atoms with van der Waals surface area (Å²) in [6, 6.07) is 13.2. The molecule has 0 fully saturated rings. The van der Waals surface area contributed by atoms with Gasteiger partial charge in [0, 0.05) is 24.2 Å². The number of carbonyl (C=O) groups excluding carboxylic acids is 2. The number of nitrogens with zero attached hydrogens (tertiary/aromatic N) is 4. The fourth-order valence-electron chi connectivity index (χ4n) is 2.84. The second-order valence-corrected chi connectivity index (χ2v) is 8.76. The Kier molecular flexibility index (Phi) is 6.10. The van der Waals surface area contributed by atoms with Gasteiger partial charge in [-0.05, 0) is 31.2 Å². The zero-order valence-corrected chi connectivity index (χ0v) is 18.1. The van der Waals surface area contributed by atoms with Gasteiger partial charge in [0.15, 0.2) is 5.13 Å². The molecular weight excluding hydrogens is 432 g/mol. The van der Waals surface area contributed by atoms with E-state index in [2.05, 4.69) is 20.4 Å². The predicted octanol–water partition coefficient (Wildman–Crippen LogP) is 3.53. The van der Waals surface area contributed by atoms with E-state index in [0.717, 1.165) is 21.2 Å². The lowest BCUT2D eigenvalue weighted by Crippen LogP contribution is -2.12. The number of nitrogens with one attached hydrogen (secondary N) is 1. The van der Waals surface area contributed by atoms with E-state index in [-0.39, 0.29) is 11.7 Å². The fourth-order valence-corrected chi connectivity index (χ4v) is 4.71. The summed E-state index contributed by atoms with van der Waals surface area (Å²) in [7, 11) is 0. The lowest BCUT2D eigenvalue weighted by atomic mass is 10.1. The number of hydrogen-bond acceptors (Lipinski definition) is 7. The van der Waals surface area contributed by atoms with Crippen molar-refractivity contribution in [3.8, 4) is 16.9 Å². The van der Waals surface area contributed by atoms with Gasteiger partial charge >= 0.3 is 0 Å². The molecule has 0 aliphatic carbocycles.